The topological polar surface area (TPSA) is 32.3 Å². The SMILES string of the molecule is CSCCCN1C(=O)C(CC(C)C)NC1c1ccccc1. The van der Waals surface area contributed by atoms with Gasteiger partial charge in [-0.25, -0.2) is 0 Å². The molecule has 1 aromatic rings. The minimum Gasteiger partial charge on any atom is -0.322 e. The molecule has 1 fully saturated rings. The Morgan fingerprint density at radius 2 is 2.00 bits per heavy atom. The van der Waals surface area contributed by atoms with Crippen LogP contribution in [0.15, 0.2) is 30.3 Å². The van der Waals surface area contributed by atoms with Gasteiger partial charge in [-0.1, -0.05) is 44.2 Å². The van der Waals surface area contributed by atoms with Gasteiger partial charge in [-0.2, -0.15) is 11.8 Å². The van der Waals surface area contributed by atoms with Crippen LogP contribution >= 0.6 is 11.8 Å². The molecular weight excluding hydrogens is 280 g/mol. The summed E-state index contributed by atoms with van der Waals surface area (Å²) in [7, 11) is 0. The van der Waals surface area contributed by atoms with Gasteiger partial charge in [0.1, 0.15) is 6.17 Å². The van der Waals surface area contributed by atoms with Crippen LogP contribution in [-0.2, 0) is 4.79 Å². The molecule has 0 saturated carbocycles. The van der Waals surface area contributed by atoms with Crippen LogP contribution in [0.2, 0.25) is 0 Å². The van der Waals surface area contributed by atoms with Gasteiger partial charge in [-0.15, -0.1) is 0 Å². The van der Waals surface area contributed by atoms with E-state index in [9.17, 15) is 4.79 Å². The average molecular weight is 306 g/mol. The van der Waals surface area contributed by atoms with E-state index in [4.69, 9.17) is 0 Å². The van der Waals surface area contributed by atoms with Crippen LogP contribution < -0.4 is 5.32 Å². The van der Waals surface area contributed by atoms with Crippen LogP contribution in [0.4, 0.5) is 0 Å². The van der Waals surface area contributed by atoms with Crippen LogP contribution in [0.5, 0.6) is 0 Å². The third-order valence-electron chi connectivity index (χ3n) is 3.82. The molecular formula is C17H26N2OS. The summed E-state index contributed by atoms with van der Waals surface area (Å²) in [5.74, 6) is 1.88. The number of carbonyl (C=O) groups is 1. The Bertz CT molecular complexity index is 449. The molecule has 1 aliphatic rings. The summed E-state index contributed by atoms with van der Waals surface area (Å²) in [6.45, 7) is 5.17. The van der Waals surface area contributed by atoms with Crippen molar-refractivity contribution >= 4 is 17.7 Å². The number of hydrogen-bond acceptors (Lipinski definition) is 3. The maximum Gasteiger partial charge on any atom is 0.241 e. The molecule has 21 heavy (non-hydrogen) atoms. The lowest BCUT2D eigenvalue weighted by Crippen LogP contribution is -2.32. The monoisotopic (exact) mass is 306 g/mol. The maximum atomic E-state index is 12.7. The van der Waals surface area contributed by atoms with E-state index < -0.39 is 0 Å². The second kappa shape index (κ2) is 7.85. The number of benzene rings is 1. The Labute approximate surface area is 132 Å². The highest BCUT2D eigenvalue weighted by atomic mass is 32.2. The van der Waals surface area contributed by atoms with Crippen molar-refractivity contribution in [2.24, 2.45) is 5.92 Å². The molecule has 0 aromatic heterocycles. The lowest BCUT2D eigenvalue weighted by atomic mass is 10.0. The van der Waals surface area contributed by atoms with Crippen LogP contribution in [0.25, 0.3) is 0 Å². The number of hydrogen-bond donors (Lipinski definition) is 1. The van der Waals surface area contributed by atoms with E-state index in [-0.39, 0.29) is 18.1 Å². The van der Waals surface area contributed by atoms with E-state index in [2.05, 4.69) is 37.6 Å². The van der Waals surface area contributed by atoms with E-state index in [0.717, 1.165) is 25.1 Å². The molecule has 2 unspecified atom stereocenters. The van der Waals surface area contributed by atoms with Gasteiger partial charge in [-0.05, 0) is 36.3 Å². The minimum atomic E-state index is -0.0375. The first-order chi connectivity index (χ1) is 10.1. The molecule has 2 atom stereocenters. The molecule has 1 aliphatic heterocycles. The zero-order valence-electron chi connectivity index (χ0n) is 13.2. The summed E-state index contributed by atoms with van der Waals surface area (Å²) < 4.78 is 0. The third-order valence-corrected chi connectivity index (χ3v) is 4.52. The van der Waals surface area contributed by atoms with Crippen molar-refractivity contribution in [2.75, 3.05) is 18.6 Å². The number of carbonyl (C=O) groups excluding carboxylic acids is 1. The fourth-order valence-electron chi connectivity index (χ4n) is 2.85. The first-order valence-electron chi connectivity index (χ1n) is 7.74. The highest BCUT2D eigenvalue weighted by Crippen LogP contribution is 2.28. The predicted octanol–water partition coefficient (Wildman–Crippen LogP) is 3.28. The molecule has 0 radical (unpaired) electrons. The zero-order chi connectivity index (χ0) is 15.2. The molecule has 3 nitrogen and oxygen atoms in total. The molecule has 1 N–H and O–H groups in total. The zero-order valence-corrected chi connectivity index (χ0v) is 14.0. The number of nitrogens with zero attached hydrogens (tertiary/aromatic N) is 1. The Kier molecular flexibility index (Phi) is 6.12. The first-order valence-corrected chi connectivity index (χ1v) is 9.13. The van der Waals surface area contributed by atoms with E-state index in [0.29, 0.717) is 5.92 Å². The van der Waals surface area contributed by atoms with Crippen LogP contribution in [0, 0.1) is 5.92 Å². The van der Waals surface area contributed by atoms with Crippen molar-refractivity contribution in [3.05, 3.63) is 35.9 Å². The van der Waals surface area contributed by atoms with Crippen molar-refractivity contribution in [3.8, 4) is 0 Å². The number of thioether (sulfide) groups is 1. The molecule has 4 heteroatoms. The molecule has 116 valence electrons. The van der Waals surface area contributed by atoms with Gasteiger partial charge < -0.3 is 4.90 Å². The molecule has 0 bridgehead atoms. The van der Waals surface area contributed by atoms with Gasteiger partial charge in [0.25, 0.3) is 0 Å². The van der Waals surface area contributed by atoms with Gasteiger partial charge in [0.05, 0.1) is 6.04 Å². The molecule has 0 aliphatic carbocycles. The van der Waals surface area contributed by atoms with Gasteiger partial charge in [0, 0.05) is 6.54 Å². The van der Waals surface area contributed by atoms with E-state index >= 15 is 0 Å². The predicted molar refractivity (Wildman–Crippen MR) is 90.3 cm³/mol. The first kappa shape index (κ1) is 16.4. The van der Waals surface area contributed by atoms with Crippen LogP contribution in [-0.4, -0.2) is 35.4 Å². The summed E-state index contributed by atoms with van der Waals surface area (Å²) >= 11 is 1.84. The van der Waals surface area contributed by atoms with Crippen molar-refractivity contribution in [3.63, 3.8) is 0 Å². The third kappa shape index (κ3) is 4.24. The largest absolute Gasteiger partial charge is 0.322 e. The second-order valence-corrected chi connectivity index (χ2v) is 7.03. The van der Waals surface area contributed by atoms with Crippen LogP contribution in [0.1, 0.15) is 38.4 Å². The molecule has 2 rings (SSSR count). The number of amides is 1. The fourth-order valence-corrected chi connectivity index (χ4v) is 3.27. The maximum absolute atomic E-state index is 12.7. The average Bonchev–Trinajstić information content (AvgIpc) is 2.77. The Morgan fingerprint density at radius 3 is 2.62 bits per heavy atom. The minimum absolute atomic E-state index is 0.0318. The van der Waals surface area contributed by atoms with E-state index in [1.165, 1.54) is 5.56 Å². The van der Waals surface area contributed by atoms with Gasteiger partial charge in [0.15, 0.2) is 0 Å². The van der Waals surface area contributed by atoms with Crippen molar-refractivity contribution < 1.29 is 4.79 Å². The van der Waals surface area contributed by atoms with E-state index in [1.807, 2.05) is 34.9 Å². The Morgan fingerprint density at radius 1 is 1.29 bits per heavy atom. The number of rotatable bonds is 7. The summed E-state index contributed by atoms with van der Waals surface area (Å²) in [6.07, 6.45) is 4.10. The highest BCUT2D eigenvalue weighted by molar-refractivity contribution is 7.98. The van der Waals surface area contributed by atoms with Crippen molar-refractivity contribution in [2.45, 2.75) is 38.9 Å². The smallest absolute Gasteiger partial charge is 0.241 e. The lowest BCUT2D eigenvalue weighted by Gasteiger charge is -2.24. The fraction of sp³-hybridized carbons (Fsp3) is 0.588. The molecule has 0 spiro atoms. The normalized spacial score (nSPS) is 22.3. The van der Waals surface area contributed by atoms with E-state index in [1.54, 1.807) is 0 Å². The molecule has 1 amide bonds. The quantitative estimate of drug-likeness (QED) is 0.785. The Balaban J connectivity index is 2.13. The van der Waals surface area contributed by atoms with Crippen LogP contribution in [0.3, 0.4) is 0 Å². The highest BCUT2D eigenvalue weighted by Gasteiger charge is 2.39. The summed E-state index contributed by atoms with van der Waals surface area (Å²) in [5, 5.41) is 3.53. The summed E-state index contributed by atoms with van der Waals surface area (Å²) in [6, 6.07) is 10.3. The molecule has 1 heterocycles. The lowest BCUT2D eigenvalue weighted by molar-refractivity contribution is -0.130. The Hall–Kier alpha value is -1.00. The number of nitrogens with one attached hydrogen (secondary N) is 1. The summed E-state index contributed by atoms with van der Waals surface area (Å²) in [4.78, 5) is 14.7. The van der Waals surface area contributed by atoms with Gasteiger partial charge >= 0.3 is 0 Å². The van der Waals surface area contributed by atoms with Crippen molar-refractivity contribution in [1.82, 2.24) is 10.2 Å². The molecule has 1 saturated heterocycles. The standard InChI is InChI=1S/C17H26N2OS/c1-13(2)12-15-17(20)19(10-7-11-21-3)16(18-15)14-8-5-4-6-9-14/h4-6,8-9,13,15-16,18H,7,10-12H2,1-3H3. The van der Waals surface area contributed by atoms with Crippen molar-refractivity contribution in [1.29, 1.82) is 0 Å². The summed E-state index contributed by atoms with van der Waals surface area (Å²) in [5.41, 5.74) is 1.18. The molecule has 1 aromatic carbocycles. The van der Waals surface area contributed by atoms with Gasteiger partial charge in [-0.3, -0.25) is 10.1 Å². The van der Waals surface area contributed by atoms with Gasteiger partial charge in [0.2, 0.25) is 5.91 Å². The second-order valence-electron chi connectivity index (χ2n) is 6.04.